The zero-order chi connectivity index (χ0) is 7.82. The first kappa shape index (κ1) is 10.1. The molecule has 0 aromatic heterocycles. The maximum Gasteiger partial charge on any atom is 0.377 e. The first-order chi connectivity index (χ1) is 4.81. The van der Waals surface area contributed by atoms with Crippen molar-refractivity contribution in [1.82, 2.24) is 0 Å². The molecule has 0 spiro atoms. The predicted octanol–water partition coefficient (Wildman–Crippen LogP) is 1.52. The van der Waals surface area contributed by atoms with Gasteiger partial charge in [0.25, 0.3) is 0 Å². The summed E-state index contributed by atoms with van der Waals surface area (Å²) in [5.41, 5.74) is 0. The highest BCUT2D eigenvalue weighted by atomic mass is 33.1. The molecular weight excluding hydrogens is 172 g/mol. The maximum atomic E-state index is 10.4. The van der Waals surface area contributed by atoms with Gasteiger partial charge in [0.1, 0.15) is 0 Å². The fourth-order valence-corrected chi connectivity index (χ4v) is 1.84. The molecule has 0 aliphatic carbocycles. The monoisotopic (exact) mass is 182 g/mol. The molecule has 3 nitrogen and oxygen atoms in total. The van der Waals surface area contributed by atoms with E-state index in [2.05, 4.69) is 4.74 Å². The van der Waals surface area contributed by atoms with Crippen molar-refractivity contribution < 1.29 is 14.6 Å². The van der Waals surface area contributed by atoms with Crippen molar-refractivity contribution in [3.05, 3.63) is 0 Å². The lowest BCUT2D eigenvalue weighted by molar-refractivity contribution is 0.200. The summed E-state index contributed by atoms with van der Waals surface area (Å²) in [5.74, 6) is 0.774. The topological polar surface area (TPSA) is 46.5 Å². The number of ether oxygens (including phenoxy) is 1. The largest absolute Gasteiger partial charge is 0.460 e. The highest BCUT2D eigenvalue weighted by Crippen LogP contribution is 2.23. The zero-order valence-electron chi connectivity index (χ0n) is 5.70. The molecule has 0 aliphatic rings. The third-order valence-electron chi connectivity index (χ3n) is 0.679. The standard InChI is InChI=1S/C5H10O3S2/c1-8-5(7)10-9-4-2-3-6/h6H,2-4H2,1H3. The van der Waals surface area contributed by atoms with Crippen LogP contribution in [0.1, 0.15) is 6.42 Å². The van der Waals surface area contributed by atoms with Gasteiger partial charge in [0.05, 0.1) is 7.11 Å². The van der Waals surface area contributed by atoms with E-state index < -0.39 is 0 Å². The van der Waals surface area contributed by atoms with Crippen LogP contribution in [0.5, 0.6) is 0 Å². The number of carbonyl (C=O) groups excluding carboxylic acids is 1. The van der Waals surface area contributed by atoms with Gasteiger partial charge in [0.2, 0.25) is 0 Å². The fourth-order valence-electron chi connectivity index (χ4n) is 0.247. The van der Waals surface area contributed by atoms with E-state index in [9.17, 15) is 4.79 Å². The lowest BCUT2D eigenvalue weighted by Gasteiger charge is -1.95. The smallest absolute Gasteiger partial charge is 0.377 e. The van der Waals surface area contributed by atoms with Gasteiger partial charge in [-0.15, -0.1) is 0 Å². The van der Waals surface area contributed by atoms with Gasteiger partial charge in [-0.3, -0.25) is 0 Å². The van der Waals surface area contributed by atoms with Gasteiger partial charge in [0, 0.05) is 23.2 Å². The van der Waals surface area contributed by atoms with Crippen LogP contribution in [-0.4, -0.2) is 29.9 Å². The van der Waals surface area contributed by atoms with E-state index in [-0.39, 0.29) is 11.9 Å². The third-order valence-corrected chi connectivity index (χ3v) is 2.82. The minimum atomic E-state index is -0.289. The lowest BCUT2D eigenvalue weighted by Crippen LogP contribution is -1.89. The quantitative estimate of drug-likeness (QED) is 0.406. The number of rotatable bonds is 4. The molecule has 0 amide bonds. The van der Waals surface area contributed by atoms with Crippen molar-refractivity contribution >= 4 is 26.9 Å². The second-order valence-electron chi connectivity index (χ2n) is 1.44. The first-order valence-electron chi connectivity index (χ1n) is 2.79. The number of carbonyl (C=O) groups is 1. The van der Waals surface area contributed by atoms with Gasteiger partial charge in [-0.25, -0.2) is 4.79 Å². The number of aliphatic hydroxyl groups is 1. The third kappa shape index (κ3) is 6.25. The van der Waals surface area contributed by atoms with E-state index in [0.29, 0.717) is 6.42 Å². The summed E-state index contributed by atoms with van der Waals surface area (Å²) in [7, 11) is 3.80. The molecule has 0 rings (SSSR count). The van der Waals surface area contributed by atoms with Crippen LogP contribution in [0, 0.1) is 0 Å². The number of hydrogen-bond acceptors (Lipinski definition) is 5. The molecule has 0 aliphatic heterocycles. The van der Waals surface area contributed by atoms with Crippen LogP contribution in [0.3, 0.4) is 0 Å². The van der Waals surface area contributed by atoms with Gasteiger partial charge in [-0.2, -0.15) is 0 Å². The van der Waals surface area contributed by atoms with Gasteiger partial charge in [-0.05, 0) is 6.42 Å². The summed E-state index contributed by atoms with van der Waals surface area (Å²) >= 11 is 0. The predicted molar refractivity (Wildman–Crippen MR) is 44.2 cm³/mol. The van der Waals surface area contributed by atoms with Crippen LogP contribution in [0.4, 0.5) is 4.79 Å². The molecule has 60 valence electrons. The Morgan fingerprint density at radius 3 is 2.90 bits per heavy atom. The number of hydrogen-bond donors (Lipinski definition) is 1. The minimum absolute atomic E-state index is 0.175. The van der Waals surface area contributed by atoms with Crippen molar-refractivity contribution in [2.45, 2.75) is 6.42 Å². The molecule has 0 aromatic rings. The molecule has 0 atom stereocenters. The summed E-state index contributed by atoms with van der Waals surface area (Å²) in [6.45, 7) is 0.175. The van der Waals surface area contributed by atoms with Gasteiger partial charge in [-0.1, -0.05) is 10.8 Å². The van der Waals surface area contributed by atoms with Crippen LogP contribution in [-0.2, 0) is 4.74 Å². The van der Waals surface area contributed by atoms with E-state index >= 15 is 0 Å². The van der Waals surface area contributed by atoms with Crippen molar-refractivity contribution in [1.29, 1.82) is 0 Å². The highest BCUT2D eigenvalue weighted by molar-refractivity contribution is 8.82. The van der Waals surface area contributed by atoms with Crippen LogP contribution in [0.2, 0.25) is 0 Å². The summed E-state index contributed by atoms with van der Waals surface area (Å²) in [4.78, 5) is 10.4. The Kier molecular flexibility index (Phi) is 7.33. The average Bonchev–Trinajstić information content (AvgIpc) is 1.98. The molecule has 0 heterocycles. The zero-order valence-corrected chi connectivity index (χ0v) is 7.33. The molecule has 1 N–H and O–H groups in total. The molecule has 0 aromatic carbocycles. The van der Waals surface area contributed by atoms with Crippen LogP contribution < -0.4 is 0 Å². The molecule has 0 saturated heterocycles. The second kappa shape index (κ2) is 7.24. The Morgan fingerprint density at radius 2 is 2.40 bits per heavy atom. The van der Waals surface area contributed by atoms with E-state index in [4.69, 9.17) is 5.11 Å². The molecule has 5 heteroatoms. The number of aliphatic hydroxyl groups excluding tert-OH is 1. The molecule has 0 unspecified atom stereocenters. The molecule has 10 heavy (non-hydrogen) atoms. The van der Waals surface area contributed by atoms with Crippen molar-refractivity contribution in [3.8, 4) is 0 Å². The van der Waals surface area contributed by atoms with Gasteiger partial charge >= 0.3 is 5.30 Å². The number of methoxy groups -OCH3 is 1. The summed E-state index contributed by atoms with van der Waals surface area (Å²) in [6.07, 6.45) is 0.717. The SMILES string of the molecule is COC(=O)SSCCCO. The van der Waals surface area contributed by atoms with E-state index in [0.717, 1.165) is 16.5 Å². The summed E-state index contributed by atoms with van der Waals surface area (Å²) < 4.78 is 4.37. The Labute approximate surface area is 67.9 Å². The molecule has 0 radical (unpaired) electrons. The second-order valence-corrected chi connectivity index (χ2v) is 3.79. The molecule has 0 bridgehead atoms. The van der Waals surface area contributed by atoms with Crippen LogP contribution in [0.15, 0.2) is 0 Å². The van der Waals surface area contributed by atoms with E-state index in [1.165, 1.54) is 17.9 Å². The Hall–Kier alpha value is 0.130. The van der Waals surface area contributed by atoms with Crippen LogP contribution >= 0.6 is 21.6 Å². The average molecular weight is 182 g/mol. The van der Waals surface area contributed by atoms with Crippen LogP contribution in [0.25, 0.3) is 0 Å². The van der Waals surface area contributed by atoms with Crippen molar-refractivity contribution in [2.24, 2.45) is 0 Å². The lowest BCUT2D eigenvalue weighted by atomic mass is 10.5. The molecule has 0 saturated carbocycles. The maximum absolute atomic E-state index is 10.4. The fraction of sp³-hybridized carbons (Fsp3) is 0.800. The minimum Gasteiger partial charge on any atom is -0.460 e. The first-order valence-corrected chi connectivity index (χ1v) is 5.11. The normalized spacial score (nSPS) is 9.40. The Balaban J connectivity index is 2.96. The van der Waals surface area contributed by atoms with E-state index in [1.807, 2.05) is 0 Å². The highest BCUT2D eigenvalue weighted by Gasteiger charge is 1.99. The Morgan fingerprint density at radius 1 is 1.70 bits per heavy atom. The Bertz CT molecular complexity index is 96.9. The van der Waals surface area contributed by atoms with Gasteiger partial charge < -0.3 is 9.84 Å². The molecule has 0 fully saturated rings. The summed E-state index contributed by atoms with van der Waals surface area (Å²) in [6, 6.07) is 0. The van der Waals surface area contributed by atoms with Gasteiger partial charge in [0.15, 0.2) is 0 Å². The van der Waals surface area contributed by atoms with Crippen molar-refractivity contribution in [3.63, 3.8) is 0 Å². The summed E-state index contributed by atoms with van der Waals surface area (Å²) in [5, 5.41) is 8.06. The van der Waals surface area contributed by atoms with Crippen molar-refractivity contribution in [2.75, 3.05) is 19.5 Å². The molecular formula is C5H10O3S2. The van der Waals surface area contributed by atoms with E-state index in [1.54, 1.807) is 0 Å².